The largest absolute Gasteiger partial charge is 0.465 e. The molecule has 0 radical (unpaired) electrons. The molecule has 0 atom stereocenters. The van der Waals surface area contributed by atoms with E-state index >= 15 is 0 Å². The zero-order valence-corrected chi connectivity index (χ0v) is 16.2. The van der Waals surface area contributed by atoms with E-state index in [1.54, 1.807) is 0 Å². The maximum absolute atomic E-state index is 12.3. The summed E-state index contributed by atoms with van der Waals surface area (Å²) in [7, 11) is 1.34. The molecule has 0 saturated heterocycles. The minimum Gasteiger partial charge on any atom is -0.465 e. The summed E-state index contributed by atoms with van der Waals surface area (Å²) >= 11 is 2.79. The molecule has 25 heavy (non-hydrogen) atoms. The smallest absolute Gasteiger partial charge is 0.341 e. The summed E-state index contributed by atoms with van der Waals surface area (Å²) in [6, 6.07) is 6.08. The molecule has 7 heteroatoms. The number of methoxy groups -OCH3 is 1. The Kier molecular flexibility index (Phi) is 7.04. The van der Waals surface area contributed by atoms with Gasteiger partial charge in [-0.05, 0) is 25.0 Å². The van der Waals surface area contributed by atoms with Crippen LogP contribution in [0.15, 0.2) is 23.6 Å². The molecule has 1 aromatic carbocycles. The SMILES string of the molecule is COC(=O)c1c(-c2cc(C)ccc2C)csc1NC(=O)CSCCN. The van der Waals surface area contributed by atoms with E-state index in [2.05, 4.69) is 5.32 Å². The first-order valence-electron chi connectivity index (χ1n) is 7.83. The maximum Gasteiger partial charge on any atom is 0.341 e. The lowest BCUT2D eigenvalue weighted by Crippen LogP contribution is -2.17. The maximum atomic E-state index is 12.3. The number of rotatable bonds is 7. The molecule has 0 bridgehead atoms. The van der Waals surface area contributed by atoms with Gasteiger partial charge in [0.25, 0.3) is 0 Å². The van der Waals surface area contributed by atoms with Gasteiger partial charge in [-0.25, -0.2) is 4.79 Å². The Morgan fingerprint density at radius 1 is 1.28 bits per heavy atom. The minimum atomic E-state index is -0.456. The molecule has 0 aliphatic rings. The van der Waals surface area contributed by atoms with Crippen LogP contribution in [0.2, 0.25) is 0 Å². The topological polar surface area (TPSA) is 81.4 Å². The van der Waals surface area contributed by atoms with Crippen molar-refractivity contribution in [3.63, 3.8) is 0 Å². The predicted octanol–water partition coefficient (Wildman–Crippen LogP) is 3.45. The number of nitrogens with one attached hydrogen (secondary N) is 1. The summed E-state index contributed by atoms with van der Waals surface area (Å²) in [6.45, 7) is 4.53. The van der Waals surface area contributed by atoms with E-state index in [1.165, 1.54) is 30.2 Å². The zero-order valence-electron chi connectivity index (χ0n) is 14.5. The van der Waals surface area contributed by atoms with Gasteiger partial charge in [0.2, 0.25) is 5.91 Å². The predicted molar refractivity (Wildman–Crippen MR) is 106 cm³/mol. The van der Waals surface area contributed by atoms with Gasteiger partial charge in [0, 0.05) is 23.2 Å². The summed E-state index contributed by atoms with van der Waals surface area (Å²) in [5.41, 5.74) is 9.74. The van der Waals surface area contributed by atoms with Crippen molar-refractivity contribution < 1.29 is 14.3 Å². The van der Waals surface area contributed by atoms with Gasteiger partial charge in [-0.3, -0.25) is 4.79 Å². The number of thiophene rings is 1. The monoisotopic (exact) mass is 378 g/mol. The minimum absolute atomic E-state index is 0.155. The number of amides is 1. The number of anilines is 1. The number of hydrogen-bond donors (Lipinski definition) is 2. The van der Waals surface area contributed by atoms with Gasteiger partial charge < -0.3 is 15.8 Å². The number of nitrogens with two attached hydrogens (primary N) is 1. The number of ether oxygens (including phenoxy) is 1. The van der Waals surface area contributed by atoms with Crippen LogP contribution in [-0.2, 0) is 9.53 Å². The highest BCUT2D eigenvalue weighted by atomic mass is 32.2. The Hall–Kier alpha value is -1.83. The van der Waals surface area contributed by atoms with Crippen LogP contribution in [0, 0.1) is 13.8 Å². The molecule has 0 saturated carbocycles. The molecule has 2 rings (SSSR count). The highest BCUT2D eigenvalue weighted by Gasteiger charge is 2.23. The van der Waals surface area contributed by atoms with Gasteiger partial charge in [0.15, 0.2) is 0 Å². The first kappa shape index (κ1) is 19.5. The average molecular weight is 379 g/mol. The van der Waals surface area contributed by atoms with E-state index < -0.39 is 5.97 Å². The van der Waals surface area contributed by atoms with Crippen molar-refractivity contribution in [2.45, 2.75) is 13.8 Å². The average Bonchev–Trinajstić information content (AvgIpc) is 2.99. The highest BCUT2D eigenvalue weighted by molar-refractivity contribution is 7.99. The van der Waals surface area contributed by atoms with Crippen LogP contribution in [0.4, 0.5) is 5.00 Å². The lowest BCUT2D eigenvalue weighted by Gasteiger charge is -2.10. The Balaban J connectivity index is 2.36. The van der Waals surface area contributed by atoms with Gasteiger partial charge in [0.05, 0.1) is 12.9 Å². The van der Waals surface area contributed by atoms with Crippen molar-refractivity contribution >= 4 is 40.0 Å². The van der Waals surface area contributed by atoms with Gasteiger partial charge in [-0.2, -0.15) is 11.8 Å². The van der Waals surface area contributed by atoms with Crippen molar-refractivity contribution in [3.05, 3.63) is 40.3 Å². The number of carbonyl (C=O) groups is 2. The summed E-state index contributed by atoms with van der Waals surface area (Å²) in [6.07, 6.45) is 0. The van der Waals surface area contributed by atoms with Gasteiger partial charge >= 0.3 is 5.97 Å². The van der Waals surface area contributed by atoms with Crippen molar-refractivity contribution in [1.29, 1.82) is 0 Å². The second kappa shape index (κ2) is 9.03. The first-order valence-corrected chi connectivity index (χ1v) is 9.86. The van der Waals surface area contributed by atoms with Crippen molar-refractivity contribution in [2.75, 3.05) is 30.5 Å². The highest BCUT2D eigenvalue weighted by Crippen LogP contribution is 2.38. The third kappa shape index (κ3) is 4.84. The Labute approximate surface area is 155 Å². The molecule has 1 amide bonds. The molecule has 0 aliphatic heterocycles. The molecule has 0 unspecified atom stereocenters. The van der Waals surface area contributed by atoms with E-state index in [4.69, 9.17) is 10.5 Å². The summed E-state index contributed by atoms with van der Waals surface area (Å²) in [4.78, 5) is 24.4. The van der Waals surface area contributed by atoms with Crippen molar-refractivity contribution in [3.8, 4) is 11.1 Å². The number of thioether (sulfide) groups is 1. The lowest BCUT2D eigenvalue weighted by molar-refractivity contribution is -0.113. The molecule has 0 spiro atoms. The molecule has 0 fully saturated rings. The lowest BCUT2D eigenvalue weighted by atomic mass is 9.97. The fraction of sp³-hybridized carbons (Fsp3) is 0.333. The van der Waals surface area contributed by atoms with Crippen LogP contribution < -0.4 is 11.1 Å². The molecule has 2 aromatic rings. The molecule has 0 aliphatic carbocycles. The molecule has 1 heterocycles. The summed E-state index contributed by atoms with van der Waals surface area (Å²) < 4.78 is 4.94. The van der Waals surface area contributed by atoms with Crippen LogP contribution in [0.5, 0.6) is 0 Å². The zero-order chi connectivity index (χ0) is 18.4. The van der Waals surface area contributed by atoms with Crippen molar-refractivity contribution in [1.82, 2.24) is 0 Å². The normalized spacial score (nSPS) is 10.6. The second-order valence-corrected chi connectivity index (χ2v) is 7.54. The van der Waals surface area contributed by atoms with Crippen LogP contribution in [0.1, 0.15) is 21.5 Å². The third-order valence-electron chi connectivity index (χ3n) is 3.61. The fourth-order valence-corrected chi connectivity index (χ4v) is 3.92. The van der Waals surface area contributed by atoms with Crippen LogP contribution >= 0.6 is 23.1 Å². The van der Waals surface area contributed by atoms with E-state index in [0.717, 1.165) is 28.0 Å². The van der Waals surface area contributed by atoms with Gasteiger partial charge in [0.1, 0.15) is 10.6 Å². The molecular weight excluding hydrogens is 356 g/mol. The van der Waals surface area contributed by atoms with Gasteiger partial charge in [-0.15, -0.1) is 11.3 Å². The standard InChI is InChI=1S/C18H22N2O3S2/c1-11-4-5-12(2)13(8-11)14-9-25-17(16(14)18(22)23-3)20-15(21)10-24-7-6-19/h4-5,8-9H,6-7,10,19H2,1-3H3,(H,20,21). The molecule has 5 nitrogen and oxygen atoms in total. The molecule has 3 N–H and O–H groups in total. The van der Waals surface area contributed by atoms with Crippen LogP contribution in [-0.4, -0.2) is 37.0 Å². The molecule has 1 aromatic heterocycles. The van der Waals surface area contributed by atoms with Crippen LogP contribution in [0.25, 0.3) is 11.1 Å². The fourth-order valence-electron chi connectivity index (χ4n) is 2.39. The van der Waals surface area contributed by atoms with E-state index in [1.807, 2.05) is 37.4 Å². The Morgan fingerprint density at radius 2 is 2.04 bits per heavy atom. The molecular formula is C18H22N2O3S2. The quantitative estimate of drug-likeness (QED) is 0.570. The second-order valence-electron chi connectivity index (χ2n) is 5.55. The van der Waals surface area contributed by atoms with E-state index in [0.29, 0.717) is 22.9 Å². The summed E-state index contributed by atoms with van der Waals surface area (Å²) in [5.74, 6) is 0.407. The first-order chi connectivity index (χ1) is 12.0. The number of esters is 1. The Bertz CT molecular complexity index is 772. The number of aryl methyl sites for hydroxylation is 2. The van der Waals surface area contributed by atoms with E-state index in [9.17, 15) is 9.59 Å². The molecule has 134 valence electrons. The number of carbonyl (C=O) groups excluding carboxylic acids is 2. The van der Waals surface area contributed by atoms with Gasteiger partial charge in [-0.1, -0.05) is 23.8 Å². The third-order valence-corrected chi connectivity index (χ3v) is 5.50. The number of hydrogen-bond acceptors (Lipinski definition) is 6. The van der Waals surface area contributed by atoms with Crippen molar-refractivity contribution in [2.24, 2.45) is 5.73 Å². The number of benzene rings is 1. The Morgan fingerprint density at radius 3 is 2.72 bits per heavy atom. The summed E-state index contributed by atoms with van der Waals surface area (Å²) in [5, 5.41) is 5.23. The van der Waals surface area contributed by atoms with E-state index in [-0.39, 0.29) is 5.91 Å². The van der Waals surface area contributed by atoms with Crippen LogP contribution in [0.3, 0.4) is 0 Å².